The van der Waals surface area contributed by atoms with E-state index in [1.165, 1.54) is 0 Å². The normalized spacial score (nSPS) is 13.3. The first-order chi connectivity index (χ1) is 7.61. The molecule has 4 N–H and O–H groups in total. The van der Waals surface area contributed by atoms with E-state index in [2.05, 4.69) is 10.3 Å². The number of aliphatic imine (C=N–C) groups is 1. The molecule has 0 aliphatic carbocycles. The third kappa shape index (κ3) is 4.18. The molecule has 0 saturated carbocycles. The van der Waals surface area contributed by atoms with E-state index in [0.29, 0.717) is 0 Å². The highest BCUT2D eigenvalue weighted by Gasteiger charge is 1.97. The molecule has 0 fully saturated rings. The lowest BCUT2D eigenvalue weighted by Gasteiger charge is -2.07. The number of hydrogen-bond donors (Lipinski definition) is 3. The van der Waals surface area contributed by atoms with E-state index in [1.807, 2.05) is 24.3 Å². The molecule has 1 unspecified atom stereocenters. The second kappa shape index (κ2) is 5.97. The quantitative estimate of drug-likeness (QED) is 0.521. The predicted molar refractivity (Wildman–Crippen MR) is 64.8 cm³/mol. The number of rotatable bonds is 4. The van der Waals surface area contributed by atoms with Crippen molar-refractivity contribution in [3.8, 4) is 5.75 Å². The van der Waals surface area contributed by atoms with Crippen molar-refractivity contribution in [2.24, 2.45) is 10.7 Å². The fourth-order valence-electron chi connectivity index (χ4n) is 1.09. The monoisotopic (exact) mass is 223 g/mol. The van der Waals surface area contributed by atoms with Gasteiger partial charge in [0.05, 0.1) is 19.8 Å². The van der Waals surface area contributed by atoms with E-state index in [9.17, 15) is 0 Å². The van der Waals surface area contributed by atoms with Gasteiger partial charge in [-0.2, -0.15) is 0 Å². The largest absolute Gasteiger partial charge is 0.497 e. The van der Waals surface area contributed by atoms with E-state index in [4.69, 9.17) is 15.6 Å². The van der Waals surface area contributed by atoms with E-state index in [1.54, 1.807) is 14.0 Å². The van der Waals surface area contributed by atoms with Crippen LogP contribution in [0, 0.1) is 0 Å². The van der Waals surface area contributed by atoms with Crippen molar-refractivity contribution in [3.63, 3.8) is 0 Å². The Kier molecular flexibility index (Phi) is 4.60. The van der Waals surface area contributed by atoms with Gasteiger partial charge in [0, 0.05) is 5.69 Å². The summed E-state index contributed by atoms with van der Waals surface area (Å²) in [5.74, 6) is 1.07. The molecule has 0 heterocycles. The van der Waals surface area contributed by atoms with Crippen LogP contribution in [0.1, 0.15) is 6.92 Å². The molecule has 88 valence electrons. The zero-order valence-electron chi connectivity index (χ0n) is 9.47. The maximum absolute atomic E-state index is 9.03. The first kappa shape index (κ1) is 12.3. The highest BCUT2D eigenvalue weighted by Crippen LogP contribution is 2.14. The molecule has 0 radical (unpaired) electrons. The second-order valence-electron chi connectivity index (χ2n) is 3.43. The average molecular weight is 223 g/mol. The minimum atomic E-state index is -0.490. The van der Waals surface area contributed by atoms with Crippen molar-refractivity contribution in [3.05, 3.63) is 24.3 Å². The minimum Gasteiger partial charge on any atom is -0.497 e. The number of nitrogens with one attached hydrogen (secondary N) is 1. The molecule has 0 spiro atoms. The van der Waals surface area contributed by atoms with Gasteiger partial charge in [-0.1, -0.05) is 0 Å². The number of guanidine groups is 1. The molecule has 0 aliphatic rings. The number of nitrogens with zero attached hydrogens (tertiary/aromatic N) is 1. The Balaban J connectivity index is 2.55. The standard InChI is InChI=1S/C11H17N3O2/c1-8(15)7-13-11(12)14-9-3-5-10(16-2)6-4-9/h3-6,8,15H,7H2,1-2H3,(H3,12,13,14). The third-order valence-electron chi connectivity index (χ3n) is 1.89. The number of anilines is 1. The van der Waals surface area contributed by atoms with Gasteiger partial charge in [-0.15, -0.1) is 0 Å². The van der Waals surface area contributed by atoms with Crippen LogP contribution in [0.25, 0.3) is 0 Å². The second-order valence-corrected chi connectivity index (χ2v) is 3.43. The molecule has 5 nitrogen and oxygen atoms in total. The van der Waals surface area contributed by atoms with Crippen LogP contribution in [0.5, 0.6) is 5.75 Å². The first-order valence-corrected chi connectivity index (χ1v) is 5.01. The Morgan fingerprint density at radius 2 is 2.12 bits per heavy atom. The van der Waals surface area contributed by atoms with Crippen molar-refractivity contribution < 1.29 is 9.84 Å². The number of hydrogen-bond acceptors (Lipinski definition) is 3. The number of methoxy groups -OCH3 is 1. The molecule has 1 aromatic rings. The van der Waals surface area contributed by atoms with Gasteiger partial charge < -0.3 is 20.9 Å². The van der Waals surface area contributed by atoms with E-state index in [-0.39, 0.29) is 12.5 Å². The maximum atomic E-state index is 9.03. The summed E-state index contributed by atoms with van der Waals surface area (Å²) in [7, 11) is 1.61. The third-order valence-corrected chi connectivity index (χ3v) is 1.89. The number of benzene rings is 1. The van der Waals surface area contributed by atoms with Crippen molar-refractivity contribution in [1.29, 1.82) is 0 Å². The fourth-order valence-corrected chi connectivity index (χ4v) is 1.09. The van der Waals surface area contributed by atoms with Gasteiger partial charge in [0.1, 0.15) is 5.75 Å². The van der Waals surface area contributed by atoms with Gasteiger partial charge in [-0.25, -0.2) is 0 Å². The molecule has 0 aromatic heterocycles. The first-order valence-electron chi connectivity index (χ1n) is 5.01. The number of ether oxygens (including phenoxy) is 1. The lowest BCUT2D eigenvalue weighted by atomic mass is 10.3. The summed E-state index contributed by atoms with van der Waals surface area (Å²) in [4.78, 5) is 3.96. The summed E-state index contributed by atoms with van der Waals surface area (Å²) in [6.07, 6.45) is -0.490. The molecule has 5 heteroatoms. The van der Waals surface area contributed by atoms with Gasteiger partial charge >= 0.3 is 0 Å². The molecular weight excluding hydrogens is 206 g/mol. The molecule has 0 amide bonds. The minimum absolute atomic E-state index is 0.283. The highest BCUT2D eigenvalue weighted by molar-refractivity contribution is 5.92. The van der Waals surface area contributed by atoms with Crippen molar-refractivity contribution in [2.45, 2.75) is 13.0 Å². The Bertz CT molecular complexity index is 347. The topological polar surface area (TPSA) is 79.9 Å². The van der Waals surface area contributed by atoms with Crippen LogP contribution < -0.4 is 15.8 Å². The number of aliphatic hydroxyl groups is 1. The van der Waals surface area contributed by atoms with Crippen LogP contribution in [-0.2, 0) is 0 Å². The lowest BCUT2D eigenvalue weighted by molar-refractivity contribution is 0.204. The Hall–Kier alpha value is -1.75. The SMILES string of the molecule is COc1ccc(NC(N)=NCC(C)O)cc1. The molecule has 1 aromatic carbocycles. The molecule has 16 heavy (non-hydrogen) atoms. The zero-order chi connectivity index (χ0) is 12.0. The van der Waals surface area contributed by atoms with Gasteiger partial charge in [-0.05, 0) is 31.2 Å². The average Bonchev–Trinajstić information content (AvgIpc) is 2.27. The van der Waals surface area contributed by atoms with Crippen LogP contribution in [0.15, 0.2) is 29.3 Å². The predicted octanol–water partition coefficient (Wildman–Crippen LogP) is 0.803. The summed E-state index contributed by atoms with van der Waals surface area (Å²) in [5, 5.41) is 11.9. The van der Waals surface area contributed by atoms with E-state index in [0.717, 1.165) is 11.4 Å². The van der Waals surface area contributed by atoms with Gasteiger partial charge in [0.15, 0.2) is 5.96 Å². The zero-order valence-corrected chi connectivity index (χ0v) is 9.47. The molecule has 0 aliphatic heterocycles. The smallest absolute Gasteiger partial charge is 0.193 e. The van der Waals surface area contributed by atoms with Crippen LogP contribution >= 0.6 is 0 Å². The number of nitrogens with two attached hydrogens (primary N) is 1. The van der Waals surface area contributed by atoms with Gasteiger partial charge in [-0.3, -0.25) is 4.99 Å². The van der Waals surface area contributed by atoms with Crippen molar-refractivity contribution in [1.82, 2.24) is 0 Å². The van der Waals surface area contributed by atoms with Crippen LogP contribution in [0.3, 0.4) is 0 Å². The summed E-state index contributed by atoms with van der Waals surface area (Å²) in [6, 6.07) is 7.32. The summed E-state index contributed by atoms with van der Waals surface area (Å²) >= 11 is 0. The van der Waals surface area contributed by atoms with E-state index >= 15 is 0 Å². The summed E-state index contributed by atoms with van der Waals surface area (Å²) < 4.78 is 5.03. The van der Waals surface area contributed by atoms with Crippen molar-refractivity contribution in [2.75, 3.05) is 19.0 Å². The molecule has 0 saturated heterocycles. The highest BCUT2D eigenvalue weighted by atomic mass is 16.5. The van der Waals surface area contributed by atoms with Crippen molar-refractivity contribution >= 4 is 11.6 Å². The Morgan fingerprint density at radius 3 is 2.62 bits per heavy atom. The molecule has 0 bridgehead atoms. The Labute approximate surface area is 94.9 Å². The van der Waals surface area contributed by atoms with Crippen LogP contribution in [-0.4, -0.2) is 30.8 Å². The molecule has 1 atom stereocenters. The molecular formula is C11H17N3O2. The lowest BCUT2D eigenvalue weighted by Crippen LogP contribution is -2.24. The van der Waals surface area contributed by atoms with E-state index < -0.39 is 6.10 Å². The Morgan fingerprint density at radius 1 is 1.50 bits per heavy atom. The fraction of sp³-hybridized carbons (Fsp3) is 0.364. The van der Waals surface area contributed by atoms with Crippen LogP contribution in [0.2, 0.25) is 0 Å². The number of aliphatic hydroxyl groups excluding tert-OH is 1. The van der Waals surface area contributed by atoms with Crippen LogP contribution in [0.4, 0.5) is 5.69 Å². The van der Waals surface area contributed by atoms with Gasteiger partial charge in [0.2, 0.25) is 0 Å². The summed E-state index contributed by atoms with van der Waals surface area (Å²) in [6.45, 7) is 1.94. The molecule has 1 rings (SSSR count). The van der Waals surface area contributed by atoms with Gasteiger partial charge in [0.25, 0.3) is 0 Å². The summed E-state index contributed by atoms with van der Waals surface area (Å²) in [5.41, 5.74) is 6.45. The maximum Gasteiger partial charge on any atom is 0.193 e.